The summed E-state index contributed by atoms with van der Waals surface area (Å²) in [7, 11) is 4.89. The van der Waals surface area contributed by atoms with Crippen LogP contribution in [-0.4, -0.2) is 53.9 Å². The molecule has 0 fully saturated rings. The maximum Gasteiger partial charge on any atom is 0.321 e. The van der Waals surface area contributed by atoms with Crippen LogP contribution in [0.15, 0.2) is 0 Å². The van der Waals surface area contributed by atoms with Crippen LogP contribution in [0.3, 0.4) is 0 Å². The Morgan fingerprint density at radius 3 is 2.00 bits per heavy atom. The Bertz CT molecular complexity index is 431. The molecule has 0 spiro atoms. The fourth-order valence-corrected chi connectivity index (χ4v) is 5.23. The number of likely N-dealkylation sites (N-methyl/N-ethyl adjacent to an activating group) is 1. The summed E-state index contributed by atoms with van der Waals surface area (Å²) in [5.74, 6) is -0.614. The molecule has 0 aliphatic heterocycles. The smallest absolute Gasteiger partial charge is 0.321 e. The molecule has 10 heteroatoms. The third-order valence-corrected chi connectivity index (χ3v) is 6.44. The van der Waals surface area contributed by atoms with E-state index in [0.29, 0.717) is 12.4 Å². The zero-order valence-corrected chi connectivity index (χ0v) is 23.3. The van der Waals surface area contributed by atoms with E-state index < -0.39 is 12.0 Å². The summed E-state index contributed by atoms with van der Waals surface area (Å²) < 4.78 is 5.32. The zero-order chi connectivity index (χ0) is 23.0. The Morgan fingerprint density at radius 1 is 1.21 bits per heavy atom. The number of hydrogen-bond donors (Lipinski definition) is 2. The van der Waals surface area contributed by atoms with Crippen molar-refractivity contribution < 1.29 is 36.8 Å². The maximum atomic E-state index is 11.6. The fourth-order valence-electron chi connectivity index (χ4n) is 2.21. The van der Waals surface area contributed by atoms with Crippen LogP contribution >= 0.6 is 33.0 Å². The van der Waals surface area contributed by atoms with E-state index in [0.717, 1.165) is 6.42 Å². The van der Waals surface area contributed by atoms with Gasteiger partial charge >= 0.3 is 11.9 Å². The summed E-state index contributed by atoms with van der Waals surface area (Å²) in [5, 5.41) is 11.8. The van der Waals surface area contributed by atoms with Crippen LogP contribution in [0.4, 0.5) is 0 Å². The van der Waals surface area contributed by atoms with Gasteiger partial charge in [-0.1, -0.05) is 70.0 Å². The monoisotopic (exact) mass is 508 g/mol. The van der Waals surface area contributed by atoms with Gasteiger partial charge in [-0.15, -0.1) is 0 Å². The summed E-state index contributed by atoms with van der Waals surface area (Å²) in [5.41, 5.74) is -0.128. The van der Waals surface area contributed by atoms with E-state index >= 15 is 0 Å². The Balaban J connectivity index is -0.000000473. The standard InChI is InChI=1S/C16H31NO4S2.C2H6.CH3BCl.Cr/c1-11(2)14(20)21-10-15(3,4)9-16(5,6)23-22-8-12(17-7)13(18)19;1-2;1-2-3;/h11-12,17H,8-10H2,1-7H3,(H,18,19);1-2H3;1H3;. The summed E-state index contributed by atoms with van der Waals surface area (Å²) >= 11 is 4.87. The van der Waals surface area contributed by atoms with Crippen LogP contribution in [0, 0.1) is 11.3 Å². The number of carboxylic acids is 1. The summed E-state index contributed by atoms with van der Waals surface area (Å²) in [6.45, 7) is 19.7. The first-order valence-corrected chi connectivity index (χ1v) is 12.3. The molecule has 173 valence electrons. The molecule has 0 bridgehead atoms. The van der Waals surface area contributed by atoms with Gasteiger partial charge in [0, 0.05) is 33.3 Å². The van der Waals surface area contributed by atoms with Crippen LogP contribution in [0.25, 0.3) is 0 Å². The molecular weight excluding hydrogens is 469 g/mol. The van der Waals surface area contributed by atoms with Crippen LogP contribution in [0.2, 0.25) is 6.82 Å². The molecule has 1 radical (unpaired) electrons. The number of rotatable bonds is 11. The molecule has 0 amide bonds. The van der Waals surface area contributed by atoms with Gasteiger partial charge in [-0.2, -0.15) is 0 Å². The minimum absolute atomic E-state index is 0. The van der Waals surface area contributed by atoms with E-state index in [4.69, 9.17) is 21.3 Å². The molecule has 0 aliphatic rings. The molecule has 0 rings (SSSR count). The van der Waals surface area contributed by atoms with E-state index in [1.165, 1.54) is 6.69 Å². The summed E-state index contributed by atoms with van der Waals surface area (Å²) in [4.78, 5) is 22.6. The molecule has 0 aromatic rings. The molecule has 0 aromatic carbocycles. The van der Waals surface area contributed by atoms with E-state index in [2.05, 4.69) is 33.0 Å². The maximum absolute atomic E-state index is 11.6. The molecule has 29 heavy (non-hydrogen) atoms. The van der Waals surface area contributed by atoms with Crippen molar-refractivity contribution in [2.24, 2.45) is 11.3 Å². The average Bonchev–Trinajstić information content (AvgIpc) is 2.57. The van der Waals surface area contributed by atoms with Gasteiger partial charge in [0.15, 0.2) is 0 Å². The second-order valence-electron chi connectivity index (χ2n) is 7.63. The first-order valence-electron chi connectivity index (χ1n) is 9.57. The largest absolute Gasteiger partial charge is 0.480 e. The molecule has 0 heterocycles. The van der Waals surface area contributed by atoms with Crippen molar-refractivity contribution in [3.8, 4) is 0 Å². The number of esters is 1. The summed E-state index contributed by atoms with van der Waals surface area (Å²) in [6.07, 6.45) is 0.861. The van der Waals surface area contributed by atoms with Crippen molar-refractivity contribution in [1.82, 2.24) is 5.32 Å². The number of ether oxygens (including phenoxy) is 1. The number of nitrogens with one attached hydrogen (secondary N) is 1. The molecule has 0 saturated carbocycles. The Hall–Kier alpha value is 0.487. The van der Waals surface area contributed by atoms with Crippen molar-refractivity contribution in [2.75, 3.05) is 19.4 Å². The van der Waals surface area contributed by atoms with Gasteiger partial charge in [-0.3, -0.25) is 9.59 Å². The van der Waals surface area contributed by atoms with Crippen molar-refractivity contribution >= 4 is 51.7 Å². The van der Waals surface area contributed by atoms with E-state index in [1.807, 2.05) is 27.7 Å². The van der Waals surface area contributed by atoms with Crippen LogP contribution in [0.1, 0.15) is 61.8 Å². The van der Waals surface area contributed by atoms with Crippen LogP contribution < -0.4 is 5.32 Å². The molecular formula is C19H40BClCrNO4S2. The van der Waals surface area contributed by atoms with E-state index in [9.17, 15) is 9.59 Å². The van der Waals surface area contributed by atoms with Crippen molar-refractivity contribution in [3.63, 3.8) is 0 Å². The molecule has 5 nitrogen and oxygen atoms in total. The Morgan fingerprint density at radius 2 is 1.66 bits per heavy atom. The molecule has 1 atom stereocenters. The summed E-state index contributed by atoms with van der Waals surface area (Å²) in [6, 6.07) is -0.539. The topological polar surface area (TPSA) is 75.6 Å². The minimum Gasteiger partial charge on any atom is -0.480 e. The van der Waals surface area contributed by atoms with Crippen molar-refractivity contribution in [3.05, 3.63) is 0 Å². The van der Waals surface area contributed by atoms with Crippen LogP contribution in [-0.2, 0) is 31.7 Å². The van der Waals surface area contributed by atoms with Gasteiger partial charge in [-0.05, 0) is 27.3 Å². The number of carboxylic acid groups (broad SMARTS) is 1. The van der Waals surface area contributed by atoms with E-state index in [1.54, 1.807) is 35.5 Å². The second kappa shape index (κ2) is 20.4. The minimum atomic E-state index is -0.834. The van der Waals surface area contributed by atoms with Gasteiger partial charge in [0.05, 0.1) is 12.5 Å². The Labute approximate surface area is 203 Å². The number of carbonyl (C=O) groups is 2. The number of hydrogen-bond acceptors (Lipinski definition) is 6. The molecule has 0 aromatic heterocycles. The van der Waals surface area contributed by atoms with Gasteiger partial charge in [-0.25, -0.2) is 11.5 Å². The number of carbonyl (C=O) groups excluding carboxylic acids is 1. The predicted molar refractivity (Wildman–Crippen MR) is 128 cm³/mol. The third-order valence-electron chi connectivity index (χ3n) is 3.15. The first kappa shape index (κ1) is 36.8. The quantitative estimate of drug-likeness (QED) is 0.221. The van der Waals surface area contributed by atoms with Gasteiger partial charge in [0.1, 0.15) is 6.04 Å². The normalized spacial score (nSPS) is 11.7. The number of halogens is 1. The first-order chi connectivity index (χ1) is 12.8. The van der Waals surface area contributed by atoms with Gasteiger partial charge in [0.25, 0.3) is 0 Å². The van der Waals surface area contributed by atoms with Crippen molar-refractivity contribution in [1.29, 1.82) is 0 Å². The predicted octanol–water partition coefficient (Wildman–Crippen LogP) is 5.35. The number of aliphatic carboxylic acids is 1. The molecule has 0 saturated heterocycles. The van der Waals surface area contributed by atoms with E-state index in [-0.39, 0.29) is 39.4 Å². The van der Waals surface area contributed by atoms with Crippen LogP contribution in [0.5, 0.6) is 0 Å². The van der Waals surface area contributed by atoms with Crippen molar-refractivity contribution in [2.45, 2.75) is 79.4 Å². The average molecular weight is 509 g/mol. The molecule has 2 N–H and O–H groups in total. The SMILES string of the molecule is CC.CNC(CSSC(C)(C)CC(C)(C)COC(=O)C(C)C)C(=O)O.C[B]Cl.[Cr]. The zero-order valence-electron chi connectivity index (χ0n) is 19.6. The molecule has 1 unspecified atom stereocenters. The third kappa shape index (κ3) is 23.0. The van der Waals surface area contributed by atoms with Gasteiger partial charge < -0.3 is 15.2 Å². The molecule has 0 aliphatic carbocycles. The Kier molecular flexibility index (Phi) is 25.9. The van der Waals surface area contributed by atoms with Gasteiger partial charge in [0.2, 0.25) is 6.69 Å². The second-order valence-corrected chi connectivity index (χ2v) is 11.1. The fraction of sp³-hybridized carbons (Fsp3) is 0.895.